The number of benzene rings is 1. The van der Waals surface area contributed by atoms with Gasteiger partial charge in [0.1, 0.15) is 6.17 Å². The van der Waals surface area contributed by atoms with Crippen LogP contribution in [0.4, 0.5) is 4.79 Å². The SMILES string of the molecule is CCN1C(=O)CC(NC(=O)/C=C/c2ccc(OC)c(OC)c2)N(CC)C1=O. The Bertz CT molecular complexity index is 747. The van der Waals surface area contributed by atoms with Gasteiger partial charge in [0, 0.05) is 19.2 Å². The quantitative estimate of drug-likeness (QED) is 0.735. The second kappa shape index (κ2) is 9.07. The molecule has 1 heterocycles. The summed E-state index contributed by atoms with van der Waals surface area (Å²) in [6.07, 6.45) is 2.39. The number of ether oxygens (including phenoxy) is 2. The Morgan fingerprint density at radius 2 is 1.89 bits per heavy atom. The largest absolute Gasteiger partial charge is 0.493 e. The predicted octanol–water partition coefficient (Wildman–Crippen LogP) is 1.85. The van der Waals surface area contributed by atoms with Gasteiger partial charge in [-0.25, -0.2) is 4.79 Å². The van der Waals surface area contributed by atoms with Crippen LogP contribution in [0.5, 0.6) is 11.5 Å². The van der Waals surface area contributed by atoms with Crippen LogP contribution in [-0.2, 0) is 9.59 Å². The van der Waals surface area contributed by atoms with Crippen molar-refractivity contribution in [3.05, 3.63) is 29.8 Å². The second-order valence-electron chi connectivity index (χ2n) is 5.88. The van der Waals surface area contributed by atoms with Crippen molar-refractivity contribution in [2.45, 2.75) is 26.4 Å². The molecule has 0 aromatic heterocycles. The Kier molecular flexibility index (Phi) is 6.81. The first-order valence-electron chi connectivity index (χ1n) is 8.76. The van der Waals surface area contributed by atoms with Crippen LogP contribution < -0.4 is 14.8 Å². The normalized spacial score (nSPS) is 17.4. The monoisotopic (exact) mass is 375 g/mol. The summed E-state index contributed by atoms with van der Waals surface area (Å²) in [4.78, 5) is 39.4. The third-order valence-corrected chi connectivity index (χ3v) is 4.32. The van der Waals surface area contributed by atoms with Crippen LogP contribution in [0.2, 0.25) is 0 Å². The molecule has 146 valence electrons. The van der Waals surface area contributed by atoms with Gasteiger partial charge in [0.05, 0.1) is 20.6 Å². The number of nitrogens with one attached hydrogen (secondary N) is 1. The smallest absolute Gasteiger partial charge is 0.328 e. The van der Waals surface area contributed by atoms with Crippen LogP contribution in [0, 0.1) is 0 Å². The van der Waals surface area contributed by atoms with Crippen molar-refractivity contribution in [1.82, 2.24) is 15.1 Å². The highest BCUT2D eigenvalue weighted by Gasteiger charge is 2.37. The summed E-state index contributed by atoms with van der Waals surface area (Å²) in [5.74, 6) is 0.470. The second-order valence-corrected chi connectivity index (χ2v) is 5.88. The number of carbonyl (C=O) groups excluding carboxylic acids is 3. The van der Waals surface area contributed by atoms with E-state index in [4.69, 9.17) is 9.47 Å². The molecule has 4 amide bonds. The lowest BCUT2D eigenvalue weighted by molar-refractivity contribution is -0.133. The van der Waals surface area contributed by atoms with Crippen molar-refractivity contribution in [3.8, 4) is 11.5 Å². The number of methoxy groups -OCH3 is 2. The van der Waals surface area contributed by atoms with Crippen molar-refractivity contribution >= 4 is 23.9 Å². The third kappa shape index (κ3) is 4.58. The number of carbonyl (C=O) groups is 3. The Morgan fingerprint density at radius 1 is 1.19 bits per heavy atom. The average Bonchev–Trinajstić information content (AvgIpc) is 2.66. The van der Waals surface area contributed by atoms with E-state index in [0.717, 1.165) is 5.56 Å². The topological polar surface area (TPSA) is 88.2 Å². The van der Waals surface area contributed by atoms with Crippen LogP contribution in [0.1, 0.15) is 25.8 Å². The Labute approximate surface area is 158 Å². The highest BCUT2D eigenvalue weighted by atomic mass is 16.5. The van der Waals surface area contributed by atoms with Crippen molar-refractivity contribution in [1.29, 1.82) is 0 Å². The van der Waals surface area contributed by atoms with E-state index >= 15 is 0 Å². The minimum absolute atomic E-state index is 0.0589. The van der Waals surface area contributed by atoms with E-state index in [-0.39, 0.29) is 18.4 Å². The average molecular weight is 375 g/mol. The Morgan fingerprint density at radius 3 is 2.48 bits per heavy atom. The number of hydrogen-bond acceptors (Lipinski definition) is 5. The van der Waals surface area contributed by atoms with E-state index in [1.165, 1.54) is 23.0 Å². The highest BCUT2D eigenvalue weighted by Crippen LogP contribution is 2.28. The number of nitrogens with zero attached hydrogens (tertiary/aromatic N) is 2. The van der Waals surface area contributed by atoms with E-state index in [2.05, 4.69) is 5.32 Å². The number of imide groups is 1. The fourth-order valence-electron chi connectivity index (χ4n) is 2.92. The number of urea groups is 1. The molecule has 1 aliphatic rings. The lowest BCUT2D eigenvalue weighted by Gasteiger charge is -2.39. The molecule has 1 aliphatic heterocycles. The summed E-state index contributed by atoms with van der Waals surface area (Å²) in [6, 6.07) is 4.89. The maximum atomic E-state index is 12.3. The maximum absolute atomic E-state index is 12.3. The van der Waals surface area contributed by atoms with Crippen LogP contribution >= 0.6 is 0 Å². The molecule has 0 spiro atoms. The molecule has 1 atom stereocenters. The predicted molar refractivity (Wildman–Crippen MR) is 100 cm³/mol. The zero-order valence-corrected chi connectivity index (χ0v) is 16.0. The molecule has 27 heavy (non-hydrogen) atoms. The first-order chi connectivity index (χ1) is 12.9. The zero-order valence-electron chi connectivity index (χ0n) is 16.0. The maximum Gasteiger partial charge on any atom is 0.328 e. The van der Waals surface area contributed by atoms with Crippen molar-refractivity contribution in [3.63, 3.8) is 0 Å². The molecule has 2 rings (SSSR count). The van der Waals surface area contributed by atoms with Gasteiger partial charge in [-0.1, -0.05) is 6.07 Å². The van der Waals surface area contributed by atoms with Gasteiger partial charge in [-0.15, -0.1) is 0 Å². The molecule has 1 saturated heterocycles. The molecule has 1 aromatic carbocycles. The molecule has 0 aliphatic carbocycles. The highest BCUT2D eigenvalue weighted by molar-refractivity contribution is 5.98. The van der Waals surface area contributed by atoms with E-state index in [0.29, 0.717) is 24.6 Å². The van der Waals surface area contributed by atoms with E-state index in [9.17, 15) is 14.4 Å². The molecule has 0 bridgehead atoms. The van der Waals surface area contributed by atoms with Gasteiger partial charge >= 0.3 is 6.03 Å². The molecule has 1 N–H and O–H groups in total. The fourth-order valence-corrected chi connectivity index (χ4v) is 2.92. The molecular formula is C19H25N3O5. The Hall–Kier alpha value is -3.03. The summed E-state index contributed by atoms with van der Waals surface area (Å²) >= 11 is 0. The molecule has 1 fully saturated rings. The first kappa shape index (κ1) is 20.3. The molecule has 8 heteroatoms. The van der Waals surface area contributed by atoms with E-state index < -0.39 is 12.1 Å². The molecular weight excluding hydrogens is 350 g/mol. The van der Waals surface area contributed by atoms with Crippen LogP contribution in [0.3, 0.4) is 0 Å². The van der Waals surface area contributed by atoms with Gasteiger partial charge in [0.15, 0.2) is 11.5 Å². The van der Waals surface area contributed by atoms with Gasteiger partial charge in [-0.2, -0.15) is 0 Å². The minimum Gasteiger partial charge on any atom is -0.493 e. The van der Waals surface area contributed by atoms with Gasteiger partial charge in [-0.05, 0) is 37.6 Å². The van der Waals surface area contributed by atoms with Gasteiger partial charge in [0.2, 0.25) is 11.8 Å². The van der Waals surface area contributed by atoms with Gasteiger partial charge < -0.3 is 19.7 Å². The number of amides is 4. The van der Waals surface area contributed by atoms with Crippen molar-refractivity contribution in [2.24, 2.45) is 0 Å². The summed E-state index contributed by atoms with van der Waals surface area (Å²) < 4.78 is 10.4. The zero-order chi connectivity index (χ0) is 20.0. The summed E-state index contributed by atoms with van der Waals surface area (Å²) in [6.45, 7) is 4.26. The minimum atomic E-state index is -0.652. The molecule has 8 nitrogen and oxygen atoms in total. The number of rotatable bonds is 7. The number of hydrogen-bond donors (Lipinski definition) is 1. The van der Waals surface area contributed by atoms with Gasteiger partial charge in [0.25, 0.3) is 0 Å². The lowest BCUT2D eigenvalue weighted by atomic mass is 10.1. The summed E-state index contributed by atoms with van der Waals surface area (Å²) in [7, 11) is 3.08. The van der Waals surface area contributed by atoms with Crippen molar-refractivity contribution < 1.29 is 23.9 Å². The summed E-state index contributed by atoms with van der Waals surface area (Å²) in [5.41, 5.74) is 0.753. The van der Waals surface area contributed by atoms with Crippen LogP contribution in [-0.4, -0.2) is 61.1 Å². The molecule has 0 saturated carbocycles. The van der Waals surface area contributed by atoms with Crippen LogP contribution in [0.15, 0.2) is 24.3 Å². The Balaban J connectivity index is 2.07. The summed E-state index contributed by atoms with van der Waals surface area (Å²) in [5, 5.41) is 2.72. The van der Waals surface area contributed by atoms with Crippen LogP contribution in [0.25, 0.3) is 6.08 Å². The first-order valence-corrected chi connectivity index (χ1v) is 8.76. The molecule has 0 radical (unpaired) electrons. The molecule has 1 aromatic rings. The van der Waals surface area contributed by atoms with Gasteiger partial charge in [-0.3, -0.25) is 14.5 Å². The van der Waals surface area contributed by atoms with E-state index in [1.807, 2.05) is 0 Å². The lowest BCUT2D eigenvalue weighted by Crippen LogP contribution is -2.61. The molecule has 1 unspecified atom stereocenters. The van der Waals surface area contributed by atoms with Crippen molar-refractivity contribution in [2.75, 3.05) is 27.3 Å². The van der Waals surface area contributed by atoms with E-state index in [1.54, 1.807) is 45.2 Å². The third-order valence-electron chi connectivity index (χ3n) is 4.32. The fraction of sp³-hybridized carbons (Fsp3) is 0.421. The standard InChI is InChI=1S/C19H25N3O5/c1-5-21-16(12-18(24)22(6-2)19(21)25)20-17(23)10-8-13-7-9-14(26-3)15(11-13)27-4/h7-11,16H,5-6,12H2,1-4H3,(H,20,23)/b10-8+.